The van der Waals surface area contributed by atoms with Crippen LogP contribution >= 0.6 is 11.8 Å². The molecule has 0 bridgehead atoms. The molecule has 5 heteroatoms. The molecule has 0 radical (unpaired) electrons. The summed E-state index contributed by atoms with van der Waals surface area (Å²) in [5.41, 5.74) is 1.34. The number of nitrogens with one attached hydrogen (secondary N) is 1. The van der Waals surface area contributed by atoms with Crippen LogP contribution in [-0.2, 0) is 4.79 Å². The fourth-order valence-electron chi connectivity index (χ4n) is 2.18. The van der Waals surface area contributed by atoms with Crippen molar-refractivity contribution in [2.75, 3.05) is 30.4 Å². The van der Waals surface area contributed by atoms with Gasteiger partial charge in [-0.15, -0.1) is 0 Å². The monoisotopic (exact) mass is 289 g/mol. The predicted octanol–water partition coefficient (Wildman–Crippen LogP) is 2.32. The van der Waals surface area contributed by atoms with Crippen molar-refractivity contribution >= 4 is 23.4 Å². The van der Waals surface area contributed by atoms with Gasteiger partial charge in [-0.25, -0.2) is 0 Å². The maximum absolute atomic E-state index is 11.9. The van der Waals surface area contributed by atoms with E-state index in [9.17, 15) is 4.79 Å². The van der Waals surface area contributed by atoms with E-state index in [2.05, 4.69) is 23.3 Å². The average Bonchev–Trinajstić information content (AvgIpc) is 3.00. The summed E-state index contributed by atoms with van der Waals surface area (Å²) in [4.78, 5) is 14.2. The Hall–Kier alpha value is -1.51. The molecule has 1 aliphatic heterocycles. The number of carbonyl (C=O) groups is 1. The lowest BCUT2D eigenvalue weighted by Crippen LogP contribution is -2.34. The quantitative estimate of drug-likeness (QED) is 0.904. The van der Waals surface area contributed by atoms with Gasteiger partial charge in [0.1, 0.15) is 0 Å². The van der Waals surface area contributed by atoms with E-state index in [0.717, 1.165) is 12.2 Å². The van der Waals surface area contributed by atoms with E-state index in [-0.39, 0.29) is 5.91 Å². The van der Waals surface area contributed by atoms with Gasteiger partial charge in [-0.1, -0.05) is 0 Å². The summed E-state index contributed by atoms with van der Waals surface area (Å²) in [6, 6.07) is 9.60. The maximum Gasteiger partial charge on any atom is 0.225 e. The zero-order valence-electron chi connectivity index (χ0n) is 11.6. The molecular formula is C15H19N3OS. The van der Waals surface area contributed by atoms with E-state index in [0.29, 0.717) is 18.0 Å². The number of amides is 1. The first kappa shape index (κ1) is 14.9. The van der Waals surface area contributed by atoms with Crippen molar-refractivity contribution in [1.82, 2.24) is 4.90 Å². The summed E-state index contributed by atoms with van der Waals surface area (Å²) in [6.07, 6.45) is 1.72. The van der Waals surface area contributed by atoms with E-state index in [4.69, 9.17) is 5.26 Å². The van der Waals surface area contributed by atoms with E-state index in [1.165, 1.54) is 17.9 Å². The van der Waals surface area contributed by atoms with Gasteiger partial charge in [0.2, 0.25) is 5.91 Å². The van der Waals surface area contributed by atoms with Crippen molar-refractivity contribution < 1.29 is 4.79 Å². The number of rotatable bonds is 5. The zero-order chi connectivity index (χ0) is 14.4. The van der Waals surface area contributed by atoms with Crippen LogP contribution in [0.1, 0.15) is 18.4 Å². The van der Waals surface area contributed by atoms with Gasteiger partial charge >= 0.3 is 0 Å². The van der Waals surface area contributed by atoms with Gasteiger partial charge in [0.25, 0.3) is 0 Å². The van der Waals surface area contributed by atoms with Crippen LogP contribution in [0.4, 0.5) is 5.69 Å². The second-order valence-corrected chi connectivity index (χ2v) is 6.14. The van der Waals surface area contributed by atoms with Crippen LogP contribution in [0.5, 0.6) is 0 Å². The first-order valence-electron chi connectivity index (χ1n) is 6.77. The second kappa shape index (κ2) is 7.32. The third-order valence-electron chi connectivity index (χ3n) is 3.52. The number of benzene rings is 1. The highest BCUT2D eigenvalue weighted by Gasteiger charge is 2.20. The lowest BCUT2D eigenvalue weighted by Gasteiger charge is -2.22. The average molecular weight is 289 g/mol. The zero-order valence-corrected chi connectivity index (χ0v) is 12.4. The van der Waals surface area contributed by atoms with Crippen LogP contribution in [0.25, 0.3) is 0 Å². The van der Waals surface area contributed by atoms with E-state index in [1.54, 1.807) is 24.3 Å². The Labute approximate surface area is 124 Å². The topological polar surface area (TPSA) is 56.1 Å². The van der Waals surface area contributed by atoms with Crippen molar-refractivity contribution in [1.29, 1.82) is 5.26 Å². The van der Waals surface area contributed by atoms with Crippen LogP contribution in [0, 0.1) is 11.3 Å². The minimum absolute atomic E-state index is 0.0206. The molecule has 0 saturated carbocycles. The SMILES string of the molecule is CN(CCC(=O)Nc1ccc(C#N)cc1)C1CCSC1. The molecule has 1 atom stereocenters. The molecule has 20 heavy (non-hydrogen) atoms. The number of hydrogen-bond acceptors (Lipinski definition) is 4. The Balaban J connectivity index is 1.75. The Bertz CT molecular complexity index is 489. The van der Waals surface area contributed by atoms with E-state index >= 15 is 0 Å². The number of thioether (sulfide) groups is 1. The minimum atomic E-state index is 0.0206. The van der Waals surface area contributed by atoms with Gasteiger partial charge in [0.15, 0.2) is 0 Å². The fourth-order valence-corrected chi connectivity index (χ4v) is 3.48. The summed E-state index contributed by atoms with van der Waals surface area (Å²) in [5, 5.41) is 11.6. The summed E-state index contributed by atoms with van der Waals surface area (Å²) in [6.45, 7) is 0.785. The lowest BCUT2D eigenvalue weighted by atomic mass is 10.2. The molecule has 1 unspecified atom stereocenters. The number of carbonyl (C=O) groups excluding carboxylic acids is 1. The molecular weight excluding hydrogens is 270 g/mol. The number of nitrogens with zero attached hydrogens (tertiary/aromatic N) is 2. The van der Waals surface area contributed by atoms with Gasteiger partial charge in [-0.2, -0.15) is 17.0 Å². The summed E-state index contributed by atoms with van der Waals surface area (Å²) < 4.78 is 0. The van der Waals surface area contributed by atoms with Crippen molar-refractivity contribution in [3.8, 4) is 6.07 Å². The molecule has 1 heterocycles. The minimum Gasteiger partial charge on any atom is -0.326 e. The van der Waals surface area contributed by atoms with Crippen molar-refractivity contribution in [2.24, 2.45) is 0 Å². The fraction of sp³-hybridized carbons (Fsp3) is 0.467. The van der Waals surface area contributed by atoms with Crippen molar-refractivity contribution in [3.63, 3.8) is 0 Å². The summed E-state index contributed by atoms with van der Waals surface area (Å²) in [7, 11) is 2.09. The molecule has 0 aliphatic carbocycles. The van der Waals surface area contributed by atoms with Crippen molar-refractivity contribution in [3.05, 3.63) is 29.8 Å². The Kier molecular flexibility index (Phi) is 5.45. The van der Waals surface area contributed by atoms with E-state index in [1.807, 2.05) is 11.8 Å². The van der Waals surface area contributed by atoms with Gasteiger partial charge in [-0.05, 0) is 43.5 Å². The molecule has 2 rings (SSSR count). The maximum atomic E-state index is 11.9. The molecule has 106 valence electrons. The first-order valence-corrected chi connectivity index (χ1v) is 7.92. The number of hydrogen-bond donors (Lipinski definition) is 1. The van der Waals surface area contributed by atoms with Gasteiger partial charge in [-0.3, -0.25) is 4.79 Å². The molecule has 1 aliphatic rings. The molecule has 0 aromatic heterocycles. The molecule has 4 nitrogen and oxygen atoms in total. The highest BCUT2D eigenvalue weighted by molar-refractivity contribution is 7.99. The highest BCUT2D eigenvalue weighted by atomic mass is 32.2. The Morgan fingerprint density at radius 2 is 2.25 bits per heavy atom. The third-order valence-corrected chi connectivity index (χ3v) is 4.66. The second-order valence-electron chi connectivity index (χ2n) is 4.99. The molecule has 1 amide bonds. The summed E-state index contributed by atoms with van der Waals surface area (Å²) in [5.74, 6) is 2.42. The first-order chi connectivity index (χ1) is 9.69. The smallest absolute Gasteiger partial charge is 0.225 e. The molecule has 0 spiro atoms. The van der Waals surface area contributed by atoms with E-state index < -0.39 is 0 Å². The van der Waals surface area contributed by atoms with Gasteiger partial charge < -0.3 is 10.2 Å². The van der Waals surface area contributed by atoms with Crippen LogP contribution in [0.15, 0.2) is 24.3 Å². The highest BCUT2D eigenvalue weighted by Crippen LogP contribution is 2.21. The Morgan fingerprint density at radius 1 is 1.50 bits per heavy atom. The predicted molar refractivity (Wildman–Crippen MR) is 82.8 cm³/mol. The van der Waals surface area contributed by atoms with Crippen LogP contribution in [0.2, 0.25) is 0 Å². The van der Waals surface area contributed by atoms with Crippen LogP contribution in [0.3, 0.4) is 0 Å². The normalized spacial score (nSPS) is 17.9. The van der Waals surface area contributed by atoms with Gasteiger partial charge in [0, 0.05) is 30.4 Å². The standard InChI is InChI=1S/C15H19N3OS/c1-18(14-7-9-20-11-14)8-6-15(19)17-13-4-2-12(10-16)3-5-13/h2-5,14H,6-9,11H2,1H3,(H,17,19). The van der Waals surface area contributed by atoms with Crippen LogP contribution < -0.4 is 5.32 Å². The number of nitriles is 1. The number of anilines is 1. The molecule has 1 aromatic carbocycles. The largest absolute Gasteiger partial charge is 0.326 e. The molecule has 1 saturated heterocycles. The molecule has 1 fully saturated rings. The molecule has 1 aromatic rings. The third kappa shape index (κ3) is 4.26. The van der Waals surface area contributed by atoms with Crippen molar-refractivity contribution in [2.45, 2.75) is 18.9 Å². The molecule has 1 N–H and O–H groups in total. The Morgan fingerprint density at radius 3 is 2.85 bits per heavy atom. The lowest BCUT2D eigenvalue weighted by molar-refractivity contribution is -0.116. The van der Waals surface area contributed by atoms with Crippen LogP contribution in [-0.4, -0.2) is 41.9 Å². The van der Waals surface area contributed by atoms with Gasteiger partial charge in [0.05, 0.1) is 11.6 Å². The summed E-state index contributed by atoms with van der Waals surface area (Å²) >= 11 is 1.98.